The average molecular weight is 238 g/mol. The van der Waals surface area contributed by atoms with E-state index in [4.69, 9.17) is 9.15 Å². The van der Waals surface area contributed by atoms with Crippen molar-refractivity contribution in [1.29, 1.82) is 0 Å². The Morgan fingerprint density at radius 2 is 2.41 bits per heavy atom. The van der Waals surface area contributed by atoms with Crippen LogP contribution >= 0.6 is 0 Å². The summed E-state index contributed by atoms with van der Waals surface area (Å²) in [5.74, 6) is 0.506. The van der Waals surface area contributed by atoms with E-state index in [-0.39, 0.29) is 6.61 Å². The molecule has 6 heteroatoms. The summed E-state index contributed by atoms with van der Waals surface area (Å²) in [4.78, 5) is 19.9. The molecule has 0 aromatic carbocycles. The van der Waals surface area contributed by atoms with Crippen LogP contribution in [0.25, 0.3) is 0 Å². The number of carbonyl (C=O) groups is 1. The largest absolute Gasteiger partial charge is 0.473 e. The van der Waals surface area contributed by atoms with Gasteiger partial charge < -0.3 is 13.9 Å². The first-order chi connectivity index (χ1) is 8.09. The fourth-order valence-electron chi connectivity index (χ4n) is 1.52. The van der Waals surface area contributed by atoms with E-state index in [0.29, 0.717) is 23.9 Å². The van der Waals surface area contributed by atoms with Crippen molar-refractivity contribution in [3.05, 3.63) is 17.8 Å². The van der Waals surface area contributed by atoms with Crippen molar-refractivity contribution in [3.63, 3.8) is 0 Å². The minimum Gasteiger partial charge on any atom is -0.473 e. The van der Waals surface area contributed by atoms with Crippen LogP contribution in [-0.2, 0) is 20.7 Å². The van der Waals surface area contributed by atoms with Crippen LogP contribution < -0.4 is 0 Å². The van der Waals surface area contributed by atoms with Crippen LogP contribution in [0.3, 0.4) is 0 Å². The second kappa shape index (κ2) is 4.20. The number of nitrogens with zero attached hydrogens (tertiary/aromatic N) is 2. The number of carbonyl (C=O) groups excluding carboxylic acids is 1. The third kappa shape index (κ3) is 2.02. The predicted molar refractivity (Wildman–Crippen MR) is 58.8 cm³/mol. The highest BCUT2D eigenvalue weighted by atomic mass is 16.5. The molecule has 0 fully saturated rings. The van der Waals surface area contributed by atoms with Gasteiger partial charge in [-0.3, -0.25) is 0 Å². The van der Waals surface area contributed by atoms with E-state index in [9.17, 15) is 4.79 Å². The smallest absolute Gasteiger partial charge is 0.337 e. The topological polar surface area (TPSA) is 73.9 Å². The quantitative estimate of drug-likeness (QED) is 0.733. The van der Waals surface area contributed by atoms with Crippen LogP contribution in [0.2, 0.25) is 0 Å². The van der Waals surface area contributed by atoms with Crippen LogP contribution in [0.1, 0.15) is 25.4 Å². The Morgan fingerprint density at radius 1 is 1.65 bits per heavy atom. The number of aliphatic imine (C=N–C) groups is 1. The van der Waals surface area contributed by atoms with Gasteiger partial charge in [0.2, 0.25) is 5.90 Å². The maximum atomic E-state index is 11.5. The molecule has 1 aliphatic heterocycles. The van der Waals surface area contributed by atoms with Gasteiger partial charge in [-0.15, -0.1) is 0 Å². The number of methoxy groups -OCH3 is 1. The summed E-state index contributed by atoms with van der Waals surface area (Å²) < 4.78 is 15.2. The number of esters is 1. The zero-order chi connectivity index (χ0) is 12.5. The molecule has 0 radical (unpaired) electrons. The molecule has 92 valence electrons. The molecule has 1 atom stereocenters. The third-order valence-corrected chi connectivity index (χ3v) is 2.54. The van der Waals surface area contributed by atoms with Gasteiger partial charge in [0.05, 0.1) is 7.11 Å². The van der Waals surface area contributed by atoms with Gasteiger partial charge in [0.1, 0.15) is 12.9 Å². The Labute approximate surface area is 98.6 Å². The lowest BCUT2D eigenvalue weighted by molar-refractivity contribution is -0.146. The van der Waals surface area contributed by atoms with Crippen molar-refractivity contribution in [2.45, 2.75) is 25.8 Å². The molecule has 1 aromatic rings. The fraction of sp³-hybridized carbons (Fsp3) is 0.545. The summed E-state index contributed by atoms with van der Waals surface area (Å²) >= 11 is 0. The Bertz CT molecular complexity index is 466. The SMILES string of the molecule is CCc1nc(C2=NC(C)(C(=O)OC)CO2)co1. The van der Waals surface area contributed by atoms with Gasteiger partial charge in [0.25, 0.3) is 0 Å². The molecular formula is C11H14N2O4. The standard InChI is InChI=1S/C11H14N2O4/c1-4-8-12-7(5-16-8)9-13-11(2,6-17-9)10(14)15-3/h5H,4,6H2,1-3H3. The molecule has 6 nitrogen and oxygen atoms in total. The van der Waals surface area contributed by atoms with Gasteiger partial charge in [-0.1, -0.05) is 6.92 Å². The van der Waals surface area contributed by atoms with E-state index in [1.165, 1.54) is 13.4 Å². The van der Waals surface area contributed by atoms with Crippen LogP contribution in [0.4, 0.5) is 0 Å². The molecule has 17 heavy (non-hydrogen) atoms. The summed E-state index contributed by atoms with van der Waals surface area (Å²) in [7, 11) is 1.33. The maximum absolute atomic E-state index is 11.5. The van der Waals surface area contributed by atoms with E-state index in [2.05, 4.69) is 14.7 Å². The number of rotatable bonds is 3. The Balaban J connectivity index is 2.24. The molecule has 0 N–H and O–H groups in total. The number of aromatic nitrogens is 1. The molecule has 1 unspecified atom stereocenters. The van der Waals surface area contributed by atoms with Gasteiger partial charge in [-0.2, -0.15) is 0 Å². The van der Waals surface area contributed by atoms with Crippen LogP contribution in [0.15, 0.2) is 15.7 Å². The van der Waals surface area contributed by atoms with Crippen molar-refractivity contribution in [3.8, 4) is 0 Å². The lowest BCUT2D eigenvalue weighted by Crippen LogP contribution is -2.35. The Morgan fingerprint density at radius 3 is 3.00 bits per heavy atom. The molecule has 0 saturated carbocycles. The van der Waals surface area contributed by atoms with Gasteiger partial charge in [-0.05, 0) is 6.92 Å². The molecule has 0 bridgehead atoms. The zero-order valence-corrected chi connectivity index (χ0v) is 10.0. The predicted octanol–water partition coefficient (Wildman–Crippen LogP) is 0.945. The maximum Gasteiger partial charge on any atom is 0.337 e. The fourth-order valence-corrected chi connectivity index (χ4v) is 1.52. The van der Waals surface area contributed by atoms with Crippen molar-refractivity contribution < 1.29 is 18.7 Å². The molecule has 1 aliphatic rings. The molecular weight excluding hydrogens is 224 g/mol. The van der Waals surface area contributed by atoms with Gasteiger partial charge in [0, 0.05) is 6.42 Å². The lowest BCUT2D eigenvalue weighted by atomic mass is 10.1. The first-order valence-electron chi connectivity index (χ1n) is 5.35. The number of ether oxygens (including phenoxy) is 2. The number of oxazole rings is 1. The molecule has 1 aromatic heterocycles. The van der Waals surface area contributed by atoms with Gasteiger partial charge in [0.15, 0.2) is 17.1 Å². The highest BCUT2D eigenvalue weighted by Gasteiger charge is 2.41. The Kier molecular flexibility index (Phi) is 2.87. The third-order valence-electron chi connectivity index (χ3n) is 2.54. The van der Waals surface area contributed by atoms with Crippen molar-refractivity contribution in [2.75, 3.05) is 13.7 Å². The van der Waals surface area contributed by atoms with Crippen LogP contribution in [-0.4, -0.2) is 36.1 Å². The van der Waals surface area contributed by atoms with E-state index >= 15 is 0 Å². The minimum absolute atomic E-state index is 0.156. The average Bonchev–Trinajstić information content (AvgIpc) is 2.94. The number of hydrogen-bond acceptors (Lipinski definition) is 6. The monoisotopic (exact) mass is 238 g/mol. The molecule has 0 aliphatic carbocycles. The van der Waals surface area contributed by atoms with Gasteiger partial charge >= 0.3 is 5.97 Å². The van der Waals surface area contributed by atoms with Gasteiger partial charge in [-0.25, -0.2) is 14.8 Å². The second-order valence-corrected chi connectivity index (χ2v) is 3.95. The van der Waals surface area contributed by atoms with Crippen molar-refractivity contribution in [1.82, 2.24) is 4.98 Å². The number of aryl methyl sites for hydroxylation is 1. The van der Waals surface area contributed by atoms with E-state index < -0.39 is 11.5 Å². The second-order valence-electron chi connectivity index (χ2n) is 3.95. The number of hydrogen-bond donors (Lipinski definition) is 0. The molecule has 2 rings (SSSR count). The van der Waals surface area contributed by atoms with Crippen LogP contribution in [0.5, 0.6) is 0 Å². The summed E-state index contributed by atoms with van der Waals surface area (Å²) in [6.07, 6.45) is 2.17. The summed E-state index contributed by atoms with van der Waals surface area (Å²) in [6, 6.07) is 0. The Hall–Kier alpha value is -1.85. The van der Waals surface area contributed by atoms with E-state index in [1.54, 1.807) is 6.92 Å². The highest BCUT2D eigenvalue weighted by molar-refractivity contribution is 5.97. The highest BCUT2D eigenvalue weighted by Crippen LogP contribution is 2.22. The lowest BCUT2D eigenvalue weighted by Gasteiger charge is -2.13. The minimum atomic E-state index is -0.991. The summed E-state index contributed by atoms with van der Waals surface area (Å²) in [6.45, 7) is 3.75. The first-order valence-corrected chi connectivity index (χ1v) is 5.35. The van der Waals surface area contributed by atoms with E-state index in [0.717, 1.165) is 0 Å². The molecule has 0 spiro atoms. The molecule has 0 amide bonds. The summed E-state index contributed by atoms with van der Waals surface area (Å²) in [5, 5.41) is 0. The first kappa shape index (κ1) is 11.6. The van der Waals surface area contributed by atoms with Crippen LogP contribution in [0, 0.1) is 0 Å². The molecule has 0 saturated heterocycles. The zero-order valence-electron chi connectivity index (χ0n) is 10.0. The normalized spacial score (nSPS) is 23.1. The summed E-state index contributed by atoms with van der Waals surface area (Å²) in [5.41, 5.74) is -0.482. The molecule has 2 heterocycles. The van der Waals surface area contributed by atoms with Crippen molar-refractivity contribution >= 4 is 11.9 Å². The van der Waals surface area contributed by atoms with E-state index in [1.807, 2.05) is 6.92 Å². The van der Waals surface area contributed by atoms with Crippen molar-refractivity contribution in [2.24, 2.45) is 4.99 Å².